The van der Waals surface area contributed by atoms with Crippen molar-refractivity contribution in [2.45, 2.75) is 122 Å². The molecule has 26 heteroatoms. The highest BCUT2D eigenvalue weighted by molar-refractivity contribution is 6.00. The molecule has 1 aliphatic heterocycles. The Morgan fingerprint density at radius 2 is 1.32 bits per heavy atom. The van der Waals surface area contributed by atoms with Gasteiger partial charge in [-0.2, -0.15) is 0 Å². The van der Waals surface area contributed by atoms with E-state index < -0.39 is 127 Å². The first kappa shape index (κ1) is 61.8. The number of ether oxygens (including phenoxy) is 1. The maximum Gasteiger partial charge on any atom is 0.326 e. The van der Waals surface area contributed by atoms with Crippen LogP contribution in [0.25, 0.3) is 0 Å². The minimum atomic E-state index is -1.92. The van der Waals surface area contributed by atoms with Gasteiger partial charge in [0.25, 0.3) is 5.91 Å². The SMILES string of the molecule is C/C=C1\NC(=O)CC[C@H](C(=O)O)NC(=O)[C@@H](C)[C@H](/C=C/C(C)=C/[C@H](C)[C@H](Cc2ccccc2)OC(C)=O)NC(=O)[C@H](CCCN=C(N)N)NC(=O)C[C@H](C(=O)O)NC(=O)[C@H](CCCN=C(N)N)NC(=O)CNC1=O. The van der Waals surface area contributed by atoms with E-state index in [9.17, 15) is 58.2 Å². The van der Waals surface area contributed by atoms with E-state index in [2.05, 4.69) is 47.2 Å². The predicted molar refractivity (Wildman–Crippen MR) is 270 cm³/mol. The minimum Gasteiger partial charge on any atom is -0.480 e. The van der Waals surface area contributed by atoms with Gasteiger partial charge in [-0.3, -0.25) is 48.3 Å². The standard InChI is InChI=1S/C48H71N13O13/c1-6-31-42(67)55-25-40(65)58-34(15-11-21-54-48(51)52)44(69)61-36(46(72)73)24-39(64)57-33(14-10-20-53-47(49)50)43(68)59-32(28(4)41(66)60-35(45(70)71)18-19-38(63)56-31)17-16-26(2)22-27(3)37(74-29(5)62)23-30-12-8-7-9-13-30/h6-9,12-13,16-17,22,27-28,32-37H,10-11,14-15,18-21,23-25H2,1-5H3,(H,55,67)(H,56,63)(H,57,64)(H,58,65)(H,59,68)(H,60,66)(H,61,69)(H,70,71)(H,72,73)(H4,49,50,53)(H4,51,52,54)/b17-16+,26-22+,31-6-/t27-,28-,32-,33-,34-,35+,36+,37-/m0/s1. The fourth-order valence-corrected chi connectivity index (χ4v) is 7.26. The number of nitrogens with one attached hydrogen (secondary N) is 7. The van der Waals surface area contributed by atoms with Crippen LogP contribution < -0.4 is 60.2 Å². The van der Waals surface area contributed by atoms with Crippen molar-refractivity contribution < 1.29 is 62.9 Å². The average molecular weight is 1040 g/mol. The quantitative estimate of drug-likeness (QED) is 0.0200. The number of allylic oxidation sites excluding steroid dienone is 3. The lowest BCUT2D eigenvalue weighted by molar-refractivity contribution is -0.148. The monoisotopic (exact) mass is 1040 g/mol. The number of hydrogen-bond donors (Lipinski definition) is 13. The van der Waals surface area contributed by atoms with Crippen molar-refractivity contribution in [1.29, 1.82) is 0 Å². The second-order valence-electron chi connectivity index (χ2n) is 17.4. The first-order valence-corrected chi connectivity index (χ1v) is 23.8. The number of rotatable bonds is 17. The Bertz CT molecular complexity index is 2310. The van der Waals surface area contributed by atoms with E-state index in [0.29, 0.717) is 12.0 Å². The number of aliphatic carboxylic acids is 2. The van der Waals surface area contributed by atoms with Gasteiger partial charge in [-0.05, 0) is 51.5 Å². The number of nitrogens with two attached hydrogens (primary N) is 4. The maximum atomic E-state index is 14.3. The van der Waals surface area contributed by atoms with E-state index in [1.807, 2.05) is 43.3 Å². The lowest BCUT2D eigenvalue weighted by Crippen LogP contribution is -2.55. The van der Waals surface area contributed by atoms with Crippen LogP contribution in [-0.4, -0.2) is 137 Å². The summed E-state index contributed by atoms with van der Waals surface area (Å²) >= 11 is 0. The third-order valence-electron chi connectivity index (χ3n) is 11.2. The van der Waals surface area contributed by atoms with Gasteiger partial charge in [-0.15, -0.1) is 0 Å². The number of carbonyl (C=O) groups excluding carboxylic acids is 8. The Morgan fingerprint density at radius 1 is 0.770 bits per heavy atom. The van der Waals surface area contributed by atoms with Gasteiger partial charge < -0.3 is 75.1 Å². The number of carboxylic acids is 2. The molecule has 0 aliphatic carbocycles. The molecule has 1 fully saturated rings. The van der Waals surface area contributed by atoms with Crippen LogP contribution in [-0.2, 0) is 59.1 Å². The molecular formula is C48H71N13O13. The van der Waals surface area contributed by atoms with Crippen LogP contribution in [0.4, 0.5) is 0 Å². The van der Waals surface area contributed by atoms with E-state index in [1.54, 1.807) is 13.0 Å². The minimum absolute atomic E-state index is 0.00386. The lowest BCUT2D eigenvalue weighted by atomic mass is 9.94. The molecule has 1 aromatic carbocycles. The zero-order valence-electron chi connectivity index (χ0n) is 42.2. The molecule has 7 amide bonds. The summed E-state index contributed by atoms with van der Waals surface area (Å²) in [6.45, 7) is 6.87. The third-order valence-corrected chi connectivity index (χ3v) is 11.2. The van der Waals surface area contributed by atoms with Crippen LogP contribution in [0.3, 0.4) is 0 Å². The van der Waals surface area contributed by atoms with E-state index in [1.165, 1.54) is 32.9 Å². The summed E-state index contributed by atoms with van der Waals surface area (Å²) in [4.78, 5) is 140. The first-order valence-electron chi connectivity index (χ1n) is 23.8. The number of amides is 7. The van der Waals surface area contributed by atoms with Crippen molar-refractivity contribution >= 4 is 71.2 Å². The topological polar surface area (TPSA) is 433 Å². The lowest BCUT2D eigenvalue weighted by Gasteiger charge is -2.27. The second-order valence-corrected chi connectivity index (χ2v) is 17.4. The highest BCUT2D eigenvalue weighted by Crippen LogP contribution is 2.19. The average Bonchev–Trinajstić information content (AvgIpc) is 3.33. The molecule has 1 aliphatic rings. The molecule has 2 rings (SSSR count). The van der Waals surface area contributed by atoms with Crippen molar-refractivity contribution in [3.8, 4) is 0 Å². The molecule has 0 unspecified atom stereocenters. The van der Waals surface area contributed by atoms with Gasteiger partial charge in [0.2, 0.25) is 35.4 Å². The number of carbonyl (C=O) groups is 10. The van der Waals surface area contributed by atoms with Gasteiger partial charge in [0, 0.05) is 38.8 Å². The van der Waals surface area contributed by atoms with Crippen LogP contribution in [0.2, 0.25) is 0 Å². The van der Waals surface area contributed by atoms with Gasteiger partial charge in [-0.25, -0.2) is 9.59 Å². The van der Waals surface area contributed by atoms with E-state index in [4.69, 9.17) is 27.7 Å². The molecule has 0 saturated carbocycles. The largest absolute Gasteiger partial charge is 0.480 e. The van der Waals surface area contributed by atoms with Crippen LogP contribution in [0, 0.1) is 11.8 Å². The summed E-state index contributed by atoms with van der Waals surface area (Å²) in [5.41, 5.74) is 22.9. The van der Waals surface area contributed by atoms with E-state index >= 15 is 0 Å². The number of hydrogen-bond acceptors (Lipinski definition) is 13. The number of aliphatic imine (C=N–C) groups is 2. The van der Waals surface area contributed by atoms with Gasteiger partial charge in [0.05, 0.1) is 24.9 Å². The zero-order valence-corrected chi connectivity index (χ0v) is 42.2. The second kappa shape index (κ2) is 31.9. The predicted octanol–water partition coefficient (Wildman–Crippen LogP) is -2.04. The molecule has 74 heavy (non-hydrogen) atoms. The Labute approximate surface area is 428 Å². The van der Waals surface area contributed by atoms with E-state index in [-0.39, 0.29) is 62.3 Å². The van der Waals surface area contributed by atoms with Crippen molar-refractivity contribution in [3.63, 3.8) is 0 Å². The summed E-state index contributed by atoms with van der Waals surface area (Å²) in [5, 5.41) is 37.1. The molecule has 1 saturated heterocycles. The van der Waals surface area contributed by atoms with Crippen molar-refractivity contribution in [2.75, 3.05) is 19.6 Å². The first-order chi connectivity index (χ1) is 34.9. The molecule has 0 aromatic heterocycles. The zero-order chi connectivity index (χ0) is 55.5. The summed E-state index contributed by atoms with van der Waals surface area (Å²) < 4.78 is 5.66. The Balaban J connectivity index is 2.70. The van der Waals surface area contributed by atoms with E-state index in [0.717, 1.165) is 5.56 Å². The molecular weight excluding hydrogens is 967 g/mol. The summed E-state index contributed by atoms with van der Waals surface area (Å²) in [6, 6.07) is 1.60. The molecule has 26 nitrogen and oxygen atoms in total. The molecule has 0 radical (unpaired) electrons. The van der Waals surface area contributed by atoms with Crippen molar-refractivity contribution in [1.82, 2.24) is 37.2 Å². The van der Waals surface area contributed by atoms with Crippen molar-refractivity contribution in [2.24, 2.45) is 44.8 Å². The Morgan fingerprint density at radius 3 is 1.86 bits per heavy atom. The van der Waals surface area contributed by atoms with Gasteiger partial charge in [0.1, 0.15) is 36.0 Å². The van der Waals surface area contributed by atoms with Crippen LogP contribution >= 0.6 is 0 Å². The highest BCUT2D eigenvalue weighted by atomic mass is 16.5. The normalized spacial score (nSPS) is 22.9. The molecule has 0 bridgehead atoms. The fourth-order valence-electron chi connectivity index (χ4n) is 7.26. The van der Waals surface area contributed by atoms with Crippen LogP contribution in [0.5, 0.6) is 0 Å². The molecule has 406 valence electrons. The number of nitrogens with zero attached hydrogens (tertiary/aromatic N) is 2. The molecule has 8 atom stereocenters. The molecule has 0 spiro atoms. The fraction of sp³-hybridized carbons (Fsp3) is 0.500. The van der Waals surface area contributed by atoms with Crippen LogP contribution in [0.15, 0.2) is 75.9 Å². The number of esters is 1. The number of carboxylic acid groups (broad SMARTS) is 2. The maximum absolute atomic E-state index is 14.3. The summed E-state index contributed by atoms with van der Waals surface area (Å²) in [6.07, 6.45) is 3.80. The molecule has 17 N–H and O–H groups in total. The number of benzene rings is 1. The van der Waals surface area contributed by atoms with Crippen LogP contribution in [0.1, 0.15) is 85.1 Å². The Hall–Kier alpha value is -8.32. The number of guanidine groups is 2. The third kappa shape index (κ3) is 23.7. The molecule has 1 aromatic rings. The Kier molecular flexibility index (Phi) is 26.6. The van der Waals surface area contributed by atoms with Gasteiger partial charge in [-0.1, -0.05) is 74.1 Å². The summed E-state index contributed by atoms with van der Waals surface area (Å²) in [7, 11) is 0. The highest BCUT2D eigenvalue weighted by Gasteiger charge is 2.33. The van der Waals surface area contributed by atoms with Crippen molar-refractivity contribution in [3.05, 3.63) is 71.5 Å². The molecule has 1 heterocycles. The van der Waals surface area contributed by atoms with Gasteiger partial charge in [0.15, 0.2) is 11.9 Å². The summed E-state index contributed by atoms with van der Waals surface area (Å²) in [5.74, 6) is -12.4. The van der Waals surface area contributed by atoms with Gasteiger partial charge >= 0.3 is 17.9 Å². The smallest absolute Gasteiger partial charge is 0.326 e.